The van der Waals surface area contributed by atoms with Crippen LogP contribution in [-0.2, 0) is 4.79 Å². The molecule has 1 aliphatic heterocycles. The maximum atomic E-state index is 12.5. The number of rotatable bonds is 2. The van der Waals surface area contributed by atoms with Gasteiger partial charge < -0.3 is 4.90 Å². The number of hydrogen-bond acceptors (Lipinski definition) is 1. The SMILES string of the molecule is CC1=C2CN(c3ccc(C(C)C)cc3)C(=O)C2=CCC1. The van der Waals surface area contributed by atoms with Crippen LogP contribution in [0.15, 0.2) is 47.1 Å². The molecule has 2 aliphatic rings. The van der Waals surface area contributed by atoms with E-state index in [2.05, 4.69) is 51.1 Å². The van der Waals surface area contributed by atoms with Crippen molar-refractivity contribution < 1.29 is 4.79 Å². The van der Waals surface area contributed by atoms with Gasteiger partial charge in [-0.3, -0.25) is 4.79 Å². The molecule has 1 fully saturated rings. The van der Waals surface area contributed by atoms with Crippen molar-refractivity contribution in [3.8, 4) is 0 Å². The van der Waals surface area contributed by atoms with Crippen molar-refractivity contribution in [2.45, 2.75) is 39.5 Å². The topological polar surface area (TPSA) is 20.3 Å². The van der Waals surface area contributed by atoms with E-state index in [-0.39, 0.29) is 5.91 Å². The van der Waals surface area contributed by atoms with E-state index in [1.807, 2.05) is 4.90 Å². The van der Waals surface area contributed by atoms with Gasteiger partial charge in [0, 0.05) is 11.3 Å². The summed E-state index contributed by atoms with van der Waals surface area (Å²) in [6.07, 6.45) is 4.19. The van der Waals surface area contributed by atoms with Crippen LogP contribution in [0.3, 0.4) is 0 Å². The number of carbonyl (C=O) groups excluding carboxylic acids is 1. The Balaban J connectivity index is 1.92. The van der Waals surface area contributed by atoms with Crippen molar-refractivity contribution in [1.82, 2.24) is 0 Å². The molecule has 0 saturated carbocycles. The highest BCUT2D eigenvalue weighted by Gasteiger charge is 2.33. The minimum absolute atomic E-state index is 0.163. The summed E-state index contributed by atoms with van der Waals surface area (Å²) < 4.78 is 0. The Morgan fingerprint density at radius 3 is 2.45 bits per heavy atom. The molecule has 1 heterocycles. The summed E-state index contributed by atoms with van der Waals surface area (Å²) in [4.78, 5) is 14.4. The largest absolute Gasteiger partial charge is 0.304 e. The van der Waals surface area contributed by atoms with E-state index in [9.17, 15) is 4.79 Å². The van der Waals surface area contributed by atoms with Crippen LogP contribution in [0.2, 0.25) is 0 Å². The molecule has 0 atom stereocenters. The minimum atomic E-state index is 0.163. The number of carbonyl (C=O) groups is 1. The van der Waals surface area contributed by atoms with Crippen LogP contribution in [0.1, 0.15) is 45.1 Å². The van der Waals surface area contributed by atoms with Gasteiger partial charge in [-0.25, -0.2) is 0 Å². The van der Waals surface area contributed by atoms with Gasteiger partial charge in [-0.1, -0.05) is 37.6 Å². The fourth-order valence-electron chi connectivity index (χ4n) is 3.00. The van der Waals surface area contributed by atoms with Gasteiger partial charge >= 0.3 is 0 Å². The molecular formula is C18H21NO. The van der Waals surface area contributed by atoms with Gasteiger partial charge in [-0.05, 0) is 49.0 Å². The number of nitrogens with zero attached hydrogens (tertiary/aromatic N) is 1. The summed E-state index contributed by atoms with van der Waals surface area (Å²) >= 11 is 0. The number of fused-ring (bicyclic) bond motifs is 1. The van der Waals surface area contributed by atoms with E-state index >= 15 is 0 Å². The highest BCUT2D eigenvalue weighted by atomic mass is 16.2. The number of allylic oxidation sites excluding steroid dienone is 2. The maximum Gasteiger partial charge on any atom is 0.258 e. The molecule has 1 aliphatic carbocycles. The van der Waals surface area contributed by atoms with Crippen molar-refractivity contribution >= 4 is 11.6 Å². The highest BCUT2D eigenvalue weighted by Crippen LogP contribution is 2.35. The summed E-state index contributed by atoms with van der Waals surface area (Å²) in [6, 6.07) is 8.40. The number of benzene rings is 1. The molecular weight excluding hydrogens is 246 g/mol. The molecule has 0 radical (unpaired) electrons. The molecule has 1 aromatic rings. The van der Waals surface area contributed by atoms with E-state index in [1.165, 1.54) is 16.7 Å². The Bertz CT molecular complexity index is 605. The molecule has 1 aromatic carbocycles. The lowest BCUT2D eigenvalue weighted by molar-refractivity contribution is -0.114. The van der Waals surface area contributed by atoms with Crippen molar-refractivity contribution in [2.24, 2.45) is 0 Å². The van der Waals surface area contributed by atoms with Crippen LogP contribution in [0, 0.1) is 0 Å². The molecule has 1 amide bonds. The molecule has 0 spiro atoms. The van der Waals surface area contributed by atoms with Crippen molar-refractivity contribution in [1.29, 1.82) is 0 Å². The molecule has 20 heavy (non-hydrogen) atoms. The van der Waals surface area contributed by atoms with Crippen LogP contribution < -0.4 is 4.90 Å². The van der Waals surface area contributed by atoms with Crippen LogP contribution >= 0.6 is 0 Å². The first-order valence-corrected chi connectivity index (χ1v) is 7.39. The molecule has 0 N–H and O–H groups in total. The quantitative estimate of drug-likeness (QED) is 0.786. The second-order valence-corrected chi connectivity index (χ2v) is 6.05. The monoisotopic (exact) mass is 267 g/mol. The second kappa shape index (κ2) is 4.93. The van der Waals surface area contributed by atoms with Gasteiger partial charge in [0.1, 0.15) is 0 Å². The number of amides is 1. The van der Waals surface area contributed by atoms with Crippen molar-refractivity contribution in [2.75, 3.05) is 11.4 Å². The number of anilines is 1. The second-order valence-electron chi connectivity index (χ2n) is 6.05. The Kier molecular flexibility index (Phi) is 3.25. The number of hydrogen-bond donors (Lipinski definition) is 0. The molecule has 2 nitrogen and oxygen atoms in total. The zero-order chi connectivity index (χ0) is 14.3. The molecule has 0 bridgehead atoms. The third-order valence-electron chi connectivity index (χ3n) is 4.37. The molecule has 0 aromatic heterocycles. The van der Waals surface area contributed by atoms with Crippen LogP contribution in [0.25, 0.3) is 0 Å². The molecule has 2 heteroatoms. The van der Waals surface area contributed by atoms with E-state index in [0.717, 1.165) is 30.6 Å². The summed E-state index contributed by atoms with van der Waals surface area (Å²) in [5.74, 6) is 0.685. The first kappa shape index (κ1) is 13.2. The standard InChI is InChI=1S/C18H21NO/c1-12(2)14-7-9-15(10-8-14)19-11-17-13(3)5-4-6-16(17)18(19)20/h6-10,12H,4-5,11H2,1-3H3. The lowest BCUT2D eigenvalue weighted by atomic mass is 9.94. The van der Waals surface area contributed by atoms with E-state index in [0.29, 0.717) is 5.92 Å². The third kappa shape index (κ3) is 2.09. The third-order valence-corrected chi connectivity index (χ3v) is 4.37. The van der Waals surface area contributed by atoms with E-state index < -0.39 is 0 Å². The highest BCUT2D eigenvalue weighted by molar-refractivity contribution is 6.13. The molecule has 1 saturated heterocycles. The summed E-state index contributed by atoms with van der Waals surface area (Å²) in [5, 5.41) is 0. The zero-order valence-electron chi connectivity index (χ0n) is 12.4. The fraction of sp³-hybridized carbons (Fsp3) is 0.389. The first-order valence-electron chi connectivity index (χ1n) is 7.39. The van der Waals surface area contributed by atoms with E-state index in [4.69, 9.17) is 0 Å². The Morgan fingerprint density at radius 1 is 1.15 bits per heavy atom. The van der Waals surface area contributed by atoms with Crippen LogP contribution in [0.4, 0.5) is 5.69 Å². The van der Waals surface area contributed by atoms with Gasteiger partial charge in [0.25, 0.3) is 5.91 Å². The molecule has 104 valence electrons. The van der Waals surface area contributed by atoms with Gasteiger partial charge in [-0.2, -0.15) is 0 Å². The lowest BCUT2D eigenvalue weighted by Gasteiger charge is -2.16. The summed E-state index contributed by atoms with van der Waals surface area (Å²) in [6.45, 7) is 7.26. The zero-order valence-corrected chi connectivity index (χ0v) is 12.4. The van der Waals surface area contributed by atoms with Crippen LogP contribution in [0.5, 0.6) is 0 Å². The molecule has 3 rings (SSSR count). The average Bonchev–Trinajstić information content (AvgIpc) is 2.78. The van der Waals surface area contributed by atoms with Gasteiger partial charge in [0.15, 0.2) is 0 Å². The predicted octanol–water partition coefficient (Wildman–Crippen LogP) is 4.19. The predicted molar refractivity (Wildman–Crippen MR) is 82.9 cm³/mol. The fourth-order valence-corrected chi connectivity index (χ4v) is 3.00. The minimum Gasteiger partial charge on any atom is -0.304 e. The maximum absolute atomic E-state index is 12.5. The lowest BCUT2D eigenvalue weighted by Crippen LogP contribution is -2.24. The smallest absolute Gasteiger partial charge is 0.258 e. The Morgan fingerprint density at radius 2 is 1.85 bits per heavy atom. The van der Waals surface area contributed by atoms with Crippen molar-refractivity contribution in [3.05, 3.63) is 52.6 Å². The van der Waals surface area contributed by atoms with Crippen LogP contribution in [-0.4, -0.2) is 12.5 Å². The summed E-state index contributed by atoms with van der Waals surface area (Å²) in [5.41, 5.74) is 5.87. The Hall–Kier alpha value is -1.83. The Labute approximate surface area is 120 Å². The average molecular weight is 267 g/mol. The summed E-state index contributed by atoms with van der Waals surface area (Å²) in [7, 11) is 0. The van der Waals surface area contributed by atoms with Gasteiger partial charge in [0.2, 0.25) is 0 Å². The molecule has 0 unspecified atom stereocenters. The van der Waals surface area contributed by atoms with E-state index in [1.54, 1.807) is 0 Å². The first-order chi connectivity index (χ1) is 9.58. The normalized spacial score (nSPS) is 18.7. The van der Waals surface area contributed by atoms with Gasteiger partial charge in [-0.15, -0.1) is 0 Å². The van der Waals surface area contributed by atoms with Gasteiger partial charge in [0.05, 0.1) is 6.54 Å². The van der Waals surface area contributed by atoms with Crippen molar-refractivity contribution in [3.63, 3.8) is 0 Å².